The summed E-state index contributed by atoms with van der Waals surface area (Å²) in [6.45, 7) is 13.8. The molecule has 0 amide bonds. The Morgan fingerprint density at radius 2 is 0.934 bits per heavy atom. The predicted molar refractivity (Wildman–Crippen MR) is 259 cm³/mol. The fourth-order valence-corrected chi connectivity index (χ4v) is 10.3. The summed E-state index contributed by atoms with van der Waals surface area (Å²) in [4.78, 5) is 0. The molecule has 61 heavy (non-hydrogen) atoms. The topological polar surface area (TPSA) is 13.1 Å². The van der Waals surface area contributed by atoms with Crippen LogP contribution in [0.15, 0.2) is 186 Å². The van der Waals surface area contributed by atoms with E-state index in [1.54, 1.807) is 0 Å². The van der Waals surface area contributed by atoms with Gasteiger partial charge in [0.2, 0.25) is 0 Å². The highest BCUT2D eigenvalue weighted by Crippen LogP contribution is 2.46. The third kappa shape index (κ3) is 6.13. The van der Waals surface area contributed by atoms with Crippen LogP contribution in [0.5, 0.6) is 0 Å². The maximum absolute atomic E-state index is 6.63. The number of rotatable bonds is 4. The molecule has 8 aromatic carbocycles. The van der Waals surface area contributed by atoms with Gasteiger partial charge >= 0.3 is 0 Å². The number of fused-ring (bicyclic) bond motifs is 7. The molecule has 0 radical (unpaired) electrons. The summed E-state index contributed by atoms with van der Waals surface area (Å²) in [5, 5.41) is 9.94. The molecule has 0 spiro atoms. The van der Waals surface area contributed by atoms with Crippen LogP contribution < -0.4 is 10.4 Å². The molecule has 11 rings (SSSR count). The lowest BCUT2D eigenvalue weighted by atomic mass is 9.72. The van der Waals surface area contributed by atoms with Crippen molar-refractivity contribution in [1.29, 1.82) is 0 Å². The summed E-state index contributed by atoms with van der Waals surface area (Å²) in [5.41, 5.74) is 16.3. The Hall–Kier alpha value is -6.70. The molecule has 1 unspecified atom stereocenters. The molecular formula is C60H50O. The third-order valence-corrected chi connectivity index (χ3v) is 13.3. The minimum Gasteiger partial charge on any atom is -0.456 e. The van der Waals surface area contributed by atoms with E-state index in [0.29, 0.717) is 0 Å². The van der Waals surface area contributed by atoms with Gasteiger partial charge in [0.05, 0.1) is 0 Å². The second kappa shape index (κ2) is 13.9. The van der Waals surface area contributed by atoms with Crippen molar-refractivity contribution in [3.8, 4) is 22.3 Å². The van der Waals surface area contributed by atoms with Gasteiger partial charge < -0.3 is 4.42 Å². The molecule has 1 heterocycles. The molecule has 1 atom stereocenters. The number of hydrogen-bond donors (Lipinski definition) is 0. The SMILES string of the molecule is CC(C)(C)c1cccc(C2=c3ccccc3=C(c3ccc4oc5ccc(-c6c7ccccc7c(-c7cccc(C(C)(C)C)c7)c7ccccc67)cc5c4c3)C3CC=CC=C23)c1. The van der Waals surface area contributed by atoms with Crippen LogP contribution >= 0.6 is 0 Å². The van der Waals surface area contributed by atoms with Gasteiger partial charge in [-0.15, -0.1) is 0 Å². The quantitative estimate of drug-likeness (QED) is 0.162. The van der Waals surface area contributed by atoms with Crippen molar-refractivity contribution < 1.29 is 4.42 Å². The number of benzene rings is 8. The zero-order valence-electron chi connectivity index (χ0n) is 35.9. The predicted octanol–water partition coefficient (Wildman–Crippen LogP) is 14.7. The standard InChI is InChI=1S/C60H50O/c1-59(2,3)41-19-15-17-37(33-41)55-43-21-7-11-25-47(43)57(48-26-12-8-22-44(48)55)39-29-31-53-51(35-39)52-36-40(30-32-54(52)61-53)58-49-27-13-9-23-45(49)56(46-24-10-14-28-50(46)58)38-18-16-20-42(34-38)60(4,5)6/h7-27,29-36,50H,28H2,1-6H3. The van der Waals surface area contributed by atoms with E-state index in [1.165, 1.54) is 93.2 Å². The van der Waals surface area contributed by atoms with Crippen molar-refractivity contribution in [1.82, 2.24) is 0 Å². The highest BCUT2D eigenvalue weighted by Gasteiger charge is 2.30. The van der Waals surface area contributed by atoms with Crippen molar-refractivity contribution in [2.24, 2.45) is 5.92 Å². The second-order valence-electron chi connectivity index (χ2n) is 19.2. The lowest BCUT2D eigenvalue weighted by molar-refractivity contribution is 0.590. The molecule has 1 nitrogen and oxygen atoms in total. The van der Waals surface area contributed by atoms with Gasteiger partial charge in [-0.2, -0.15) is 0 Å². The van der Waals surface area contributed by atoms with Gasteiger partial charge in [-0.3, -0.25) is 0 Å². The molecular weight excluding hydrogens is 737 g/mol. The molecule has 0 saturated carbocycles. The lowest BCUT2D eigenvalue weighted by Crippen LogP contribution is -2.37. The van der Waals surface area contributed by atoms with E-state index in [2.05, 4.69) is 217 Å². The molecule has 1 aromatic heterocycles. The highest BCUT2D eigenvalue weighted by atomic mass is 16.3. The first-order valence-electron chi connectivity index (χ1n) is 21.9. The average Bonchev–Trinajstić information content (AvgIpc) is 3.64. The van der Waals surface area contributed by atoms with Crippen molar-refractivity contribution >= 4 is 54.6 Å². The minimum absolute atomic E-state index is 0.0511. The molecule has 1 heteroatoms. The first kappa shape index (κ1) is 37.3. The number of allylic oxidation sites excluding steroid dienone is 4. The van der Waals surface area contributed by atoms with Crippen LogP contribution in [0.1, 0.15) is 70.2 Å². The Morgan fingerprint density at radius 1 is 0.443 bits per heavy atom. The summed E-state index contributed by atoms with van der Waals surface area (Å²) >= 11 is 0. The van der Waals surface area contributed by atoms with Crippen molar-refractivity contribution in [2.75, 3.05) is 0 Å². The summed E-state index contributed by atoms with van der Waals surface area (Å²) in [7, 11) is 0. The van der Waals surface area contributed by atoms with Crippen molar-refractivity contribution in [3.63, 3.8) is 0 Å². The molecule has 296 valence electrons. The van der Waals surface area contributed by atoms with Crippen LogP contribution in [-0.2, 0) is 10.8 Å². The molecule has 2 aliphatic rings. The van der Waals surface area contributed by atoms with Crippen molar-refractivity contribution in [2.45, 2.75) is 58.8 Å². The smallest absolute Gasteiger partial charge is 0.135 e. The first-order valence-corrected chi connectivity index (χ1v) is 21.9. The Kier molecular flexibility index (Phi) is 8.52. The Bertz CT molecular complexity index is 3400. The average molecular weight is 787 g/mol. The summed E-state index contributed by atoms with van der Waals surface area (Å²) in [6.07, 6.45) is 7.91. The van der Waals surface area contributed by atoms with Gasteiger partial charge in [0, 0.05) is 16.7 Å². The van der Waals surface area contributed by atoms with Crippen LogP contribution in [0.25, 0.3) is 76.9 Å². The van der Waals surface area contributed by atoms with Crippen molar-refractivity contribution in [3.05, 3.63) is 214 Å². The fourth-order valence-electron chi connectivity index (χ4n) is 10.3. The molecule has 0 N–H and O–H groups in total. The van der Waals surface area contributed by atoms with E-state index in [1.807, 2.05) is 0 Å². The Balaban J connectivity index is 1.13. The van der Waals surface area contributed by atoms with Gasteiger partial charge in [0.25, 0.3) is 0 Å². The molecule has 0 fully saturated rings. The zero-order valence-corrected chi connectivity index (χ0v) is 35.9. The second-order valence-corrected chi connectivity index (χ2v) is 19.2. The van der Waals surface area contributed by atoms with Crippen LogP contribution in [0.3, 0.4) is 0 Å². The summed E-state index contributed by atoms with van der Waals surface area (Å²) in [5.74, 6) is 0.236. The van der Waals surface area contributed by atoms with Gasteiger partial charge in [-0.25, -0.2) is 0 Å². The lowest BCUT2D eigenvalue weighted by Gasteiger charge is -2.31. The van der Waals surface area contributed by atoms with E-state index in [9.17, 15) is 0 Å². The van der Waals surface area contributed by atoms with Gasteiger partial charge in [-0.1, -0.05) is 193 Å². The van der Waals surface area contributed by atoms with E-state index < -0.39 is 0 Å². The van der Waals surface area contributed by atoms with E-state index >= 15 is 0 Å². The third-order valence-electron chi connectivity index (χ3n) is 13.3. The van der Waals surface area contributed by atoms with Gasteiger partial charge in [0.1, 0.15) is 11.2 Å². The molecule has 0 saturated heterocycles. The monoisotopic (exact) mass is 786 g/mol. The Labute approximate surface area is 358 Å². The normalized spacial score (nSPS) is 15.4. The number of furan rings is 1. The van der Waals surface area contributed by atoms with Gasteiger partial charge in [0.15, 0.2) is 0 Å². The summed E-state index contributed by atoms with van der Waals surface area (Å²) < 4.78 is 6.63. The zero-order chi connectivity index (χ0) is 41.6. The molecule has 9 aromatic rings. The van der Waals surface area contributed by atoms with Crippen LogP contribution in [0, 0.1) is 5.92 Å². The molecule has 0 bridgehead atoms. The maximum atomic E-state index is 6.63. The minimum atomic E-state index is 0.0511. The number of hydrogen-bond acceptors (Lipinski definition) is 1. The fraction of sp³-hybridized carbons (Fsp3) is 0.167. The highest BCUT2D eigenvalue weighted by molar-refractivity contribution is 6.22. The van der Waals surface area contributed by atoms with Crippen LogP contribution in [-0.4, -0.2) is 0 Å². The maximum Gasteiger partial charge on any atom is 0.135 e. The van der Waals surface area contributed by atoms with Crippen LogP contribution in [0.4, 0.5) is 0 Å². The van der Waals surface area contributed by atoms with E-state index in [4.69, 9.17) is 4.42 Å². The van der Waals surface area contributed by atoms with E-state index in [-0.39, 0.29) is 16.7 Å². The summed E-state index contributed by atoms with van der Waals surface area (Å²) in [6, 6.07) is 59.0. The first-order chi connectivity index (χ1) is 29.5. The Morgan fingerprint density at radius 3 is 1.52 bits per heavy atom. The molecule has 2 aliphatic carbocycles. The van der Waals surface area contributed by atoms with Crippen LogP contribution in [0.2, 0.25) is 0 Å². The molecule has 0 aliphatic heterocycles. The van der Waals surface area contributed by atoms with E-state index in [0.717, 1.165) is 28.4 Å². The largest absolute Gasteiger partial charge is 0.456 e. The van der Waals surface area contributed by atoms with Gasteiger partial charge in [-0.05, 0) is 135 Å².